The van der Waals surface area contributed by atoms with Gasteiger partial charge in [0.1, 0.15) is 0 Å². The molecule has 1 aromatic carbocycles. The van der Waals surface area contributed by atoms with Gasteiger partial charge in [-0.3, -0.25) is 4.90 Å². The summed E-state index contributed by atoms with van der Waals surface area (Å²) in [7, 11) is 0. The van der Waals surface area contributed by atoms with Gasteiger partial charge >= 0.3 is 0 Å². The third-order valence-electron chi connectivity index (χ3n) is 4.36. The number of likely N-dealkylation sites (tertiary alicyclic amines) is 1. The van der Waals surface area contributed by atoms with E-state index in [9.17, 15) is 0 Å². The van der Waals surface area contributed by atoms with Crippen LogP contribution in [0.1, 0.15) is 25.7 Å². The molecule has 0 aliphatic carbocycles. The number of aromatic nitrogens is 2. The van der Waals surface area contributed by atoms with E-state index in [1.165, 1.54) is 12.8 Å². The first-order valence-electron chi connectivity index (χ1n) is 7.70. The Bertz CT molecular complexity index is 630. The summed E-state index contributed by atoms with van der Waals surface area (Å²) in [5.74, 6) is 1.90. The maximum absolute atomic E-state index is 5.94. The van der Waals surface area contributed by atoms with Crippen molar-refractivity contribution in [1.82, 2.24) is 15.0 Å². The Balaban J connectivity index is 1.74. The summed E-state index contributed by atoms with van der Waals surface area (Å²) in [4.78, 5) is 6.90. The highest BCUT2D eigenvalue weighted by atomic mass is 79.9. The fraction of sp³-hybridized carbons (Fsp3) is 0.500. The summed E-state index contributed by atoms with van der Waals surface area (Å²) in [6, 6.07) is 8.30. The lowest BCUT2D eigenvalue weighted by molar-refractivity contribution is 0.0874. The number of benzene rings is 1. The van der Waals surface area contributed by atoms with E-state index in [1.54, 1.807) is 0 Å². The Morgan fingerprint density at radius 1 is 1.45 bits per heavy atom. The predicted molar refractivity (Wildman–Crippen MR) is 89.1 cm³/mol. The number of nitrogens with two attached hydrogens (primary N) is 1. The molecule has 2 aromatic rings. The van der Waals surface area contributed by atoms with Crippen LogP contribution in [-0.4, -0.2) is 34.2 Å². The van der Waals surface area contributed by atoms with Crippen LogP contribution in [0.4, 0.5) is 0 Å². The first-order chi connectivity index (χ1) is 10.7. The van der Waals surface area contributed by atoms with Crippen molar-refractivity contribution >= 4 is 15.9 Å². The zero-order chi connectivity index (χ0) is 15.5. The van der Waals surface area contributed by atoms with Gasteiger partial charge in [-0.15, -0.1) is 0 Å². The molecule has 2 unspecified atom stereocenters. The summed E-state index contributed by atoms with van der Waals surface area (Å²) < 4.78 is 6.43. The standard InChI is InChI=1S/C16H21BrN4O/c1-11-4-3-7-21(14(11)9-18)10-15-19-16(20-22-15)12-5-2-6-13(17)8-12/h2,5-6,8,11,14H,3-4,7,9-10,18H2,1H3. The summed E-state index contributed by atoms with van der Waals surface area (Å²) in [5.41, 5.74) is 6.89. The largest absolute Gasteiger partial charge is 0.338 e. The second kappa shape index (κ2) is 6.89. The quantitative estimate of drug-likeness (QED) is 0.902. The first-order valence-corrected chi connectivity index (χ1v) is 8.49. The monoisotopic (exact) mass is 364 g/mol. The molecule has 22 heavy (non-hydrogen) atoms. The molecule has 1 aromatic heterocycles. The molecule has 2 atom stereocenters. The predicted octanol–water partition coefficient (Wildman–Crippen LogP) is 3.06. The lowest BCUT2D eigenvalue weighted by Crippen LogP contribution is -2.48. The summed E-state index contributed by atoms with van der Waals surface area (Å²) in [6.07, 6.45) is 2.44. The fourth-order valence-electron chi connectivity index (χ4n) is 3.15. The molecule has 2 N–H and O–H groups in total. The molecule has 5 nitrogen and oxygen atoms in total. The summed E-state index contributed by atoms with van der Waals surface area (Å²) in [5, 5.41) is 4.10. The highest BCUT2D eigenvalue weighted by Crippen LogP contribution is 2.25. The van der Waals surface area contributed by atoms with Crippen molar-refractivity contribution in [2.24, 2.45) is 11.7 Å². The average molecular weight is 365 g/mol. The second-order valence-electron chi connectivity index (χ2n) is 5.92. The summed E-state index contributed by atoms with van der Waals surface area (Å²) >= 11 is 3.46. The number of piperidine rings is 1. The molecular formula is C16H21BrN4O. The van der Waals surface area contributed by atoms with E-state index in [1.807, 2.05) is 24.3 Å². The SMILES string of the molecule is CC1CCCN(Cc2nc(-c3cccc(Br)c3)no2)C1CN. The van der Waals surface area contributed by atoms with Crippen molar-refractivity contribution in [3.8, 4) is 11.4 Å². The van der Waals surface area contributed by atoms with E-state index in [4.69, 9.17) is 10.3 Å². The van der Waals surface area contributed by atoms with Crippen LogP contribution in [0.25, 0.3) is 11.4 Å². The van der Waals surface area contributed by atoms with Crippen molar-refractivity contribution in [3.63, 3.8) is 0 Å². The van der Waals surface area contributed by atoms with E-state index in [0.29, 0.717) is 36.8 Å². The van der Waals surface area contributed by atoms with Gasteiger partial charge in [0, 0.05) is 22.6 Å². The highest BCUT2D eigenvalue weighted by molar-refractivity contribution is 9.10. The maximum Gasteiger partial charge on any atom is 0.241 e. The van der Waals surface area contributed by atoms with E-state index in [0.717, 1.165) is 16.6 Å². The van der Waals surface area contributed by atoms with Crippen molar-refractivity contribution in [2.45, 2.75) is 32.4 Å². The van der Waals surface area contributed by atoms with Crippen LogP contribution in [0, 0.1) is 5.92 Å². The topological polar surface area (TPSA) is 68.2 Å². The highest BCUT2D eigenvalue weighted by Gasteiger charge is 2.28. The van der Waals surface area contributed by atoms with Crippen LogP contribution in [0.5, 0.6) is 0 Å². The van der Waals surface area contributed by atoms with Crippen molar-refractivity contribution in [3.05, 3.63) is 34.6 Å². The lowest BCUT2D eigenvalue weighted by Gasteiger charge is -2.38. The lowest BCUT2D eigenvalue weighted by atomic mass is 9.91. The molecule has 0 saturated carbocycles. The average Bonchev–Trinajstić information content (AvgIpc) is 2.96. The molecule has 1 saturated heterocycles. The van der Waals surface area contributed by atoms with Crippen molar-refractivity contribution in [2.75, 3.05) is 13.1 Å². The molecule has 2 heterocycles. The molecule has 0 bridgehead atoms. The molecule has 1 aliphatic heterocycles. The number of rotatable bonds is 4. The van der Waals surface area contributed by atoms with E-state index in [-0.39, 0.29) is 0 Å². The van der Waals surface area contributed by atoms with Gasteiger partial charge in [-0.2, -0.15) is 4.98 Å². The minimum Gasteiger partial charge on any atom is -0.338 e. The van der Waals surface area contributed by atoms with Crippen LogP contribution in [0.3, 0.4) is 0 Å². The number of halogens is 1. The van der Waals surface area contributed by atoms with Gasteiger partial charge < -0.3 is 10.3 Å². The Labute approximate surface area is 139 Å². The summed E-state index contributed by atoms with van der Waals surface area (Å²) in [6.45, 7) is 4.66. The minimum atomic E-state index is 0.398. The van der Waals surface area contributed by atoms with Crippen LogP contribution >= 0.6 is 15.9 Å². The van der Waals surface area contributed by atoms with Gasteiger partial charge in [-0.1, -0.05) is 40.1 Å². The number of hydrogen-bond acceptors (Lipinski definition) is 5. The number of hydrogen-bond donors (Lipinski definition) is 1. The third kappa shape index (κ3) is 3.39. The molecule has 3 rings (SSSR count). The van der Waals surface area contributed by atoms with Gasteiger partial charge in [-0.05, 0) is 37.4 Å². The Morgan fingerprint density at radius 2 is 2.32 bits per heavy atom. The Morgan fingerprint density at radius 3 is 3.09 bits per heavy atom. The maximum atomic E-state index is 5.94. The first kappa shape index (κ1) is 15.6. The minimum absolute atomic E-state index is 0.398. The van der Waals surface area contributed by atoms with Crippen LogP contribution in [0.2, 0.25) is 0 Å². The second-order valence-corrected chi connectivity index (χ2v) is 6.83. The van der Waals surface area contributed by atoms with Gasteiger partial charge in [0.05, 0.1) is 6.54 Å². The van der Waals surface area contributed by atoms with Crippen LogP contribution in [0.15, 0.2) is 33.3 Å². The smallest absolute Gasteiger partial charge is 0.241 e. The molecular weight excluding hydrogens is 344 g/mol. The van der Waals surface area contributed by atoms with E-state index >= 15 is 0 Å². The Kier molecular flexibility index (Phi) is 4.90. The normalized spacial score (nSPS) is 22.9. The molecule has 0 spiro atoms. The van der Waals surface area contributed by atoms with Crippen molar-refractivity contribution < 1.29 is 4.52 Å². The van der Waals surface area contributed by atoms with Gasteiger partial charge in [0.25, 0.3) is 0 Å². The van der Waals surface area contributed by atoms with E-state index < -0.39 is 0 Å². The molecule has 1 fully saturated rings. The molecule has 0 radical (unpaired) electrons. The number of nitrogens with zero attached hydrogens (tertiary/aromatic N) is 3. The van der Waals surface area contributed by atoms with E-state index in [2.05, 4.69) is 37.9 Å². The molecule has 6 heteroatoms. The zero-order valence-corrected chi connectivity index (χ0v) is 14.3. The van der Waals surface area contributed by atoms with Crippen LogP contribution in [-0.2, 0) is 6.54 Å². The molecule has 118 valence electrons. The fourth-order valence-corrected chi connectivity index (χ4v) is 3.55. The van der Waals surface area contributed by atoms with Crippen molar-refractivity contribution in [1.29, 1.82) is 0 Å². The van der Waals surface area contributed by atoms with Gasteiger partial charge in [0.15, 0.2) is 0 Å². The van der Waals surface area contributed by atoms with Crippen LogP contribution < -0.4 is 5.73 Å². The third-order valence-corrected chi connectivity index (χ3v) is 4.85. The molecule has 1 aliphatic rings. The van der Waals surface area contributed by atoms with Gasteiger partial charge in [0.2, 0.25) is 11.7 Å². The van der Waals surface area contributed by atoms with Gasteiger partial charge in [-0.25, -0.2) is 0 Å². The Hall–Kier alpha value is -1.24. The molecule has 0 amide bonds. The zero-order valence-electron chi connectivity index (χ0n) is 12.7.